The molecule has 3 aliphatic rings. The largest absolute Gasteiger partial charge is 0.440 e. The molecule has 2 aromatic heterocycles. The molecule has 1 aromatic carbocycles. The smallest absolute Gasteiger partial charge is 0.332 e. The molecule has 6 rings (SSSR count). The highest BCUT2D eigenvalue weighted by Crippen LogP contribution is 2.44. The van der Waals surface area contributed by atoms with Crippen molar-refractivity contribution in [1.82, 2.24) is 26.1 Å². The minimum Gasteiger partial charge on any atom is -0.440 e. The second-order valence-corrected chi connectivity index (χ2v) is 9.74. The molecule has 1 fully saturated rings. The Bertz CT molecular complexity index is 1400. The average molecular weight is 504 g/mol. The van der Waals surface area contributed by atoms with Gasteiger partial charge in [0.15, 0.2) is 0 Å². The van der Waals surface area contributed by atoms with Gasteiger partial charge in [0.05, 0.1) is 16.8 Å². The fourth-order valence-corrected chi connectivity index (χ4v) is 5.64. The molecule has 0 unspecified atom stereocenters. The summed E-state index contributed by atoms with van der Waals surface area (Å²) < 4.78 is 5.88. The lowest BCUT2D eigenvalue weighted by molar-refractivity contribution is 0.0935. The Morgan fingerprint density at radius 3 is 2.86 bits per heavy atom. The molecule has 3 aromatic rings. The zero-order chi connectivity index (χ0) is 24.6. The summed E-state index contributed by atoms with van der Waals surface area (Å²) in [7, 11) is 1.80. The van der Waals surface area contributed by atoms with Crippen LogP contribution in [0.3, 0.4) is 0 Å². The zero-order valence-corrected chi connectivity index (χ0v) is 20.4. The first kappa shape index (κ1) is 22.4. The van der Waals surface area contributed by atoms with E-state index in [4.69, 9.17) is 4.74 Å². The number of para-hydroxylation sites is 1. The highest BCUT2D eigenvalue weighted by atomic mass is 32.1. The van der Waals surface area contributed by atoms with Gasteiger partial charge >= 0.3 is 6.03 Å². The summed E-state index contributed by atoms with van der Waals surface area (Å²) in [4.78, 5) is 33.7. The zero-order valence-electron chi connectivity index (χ0n) is 19.6. The molecular weight excluding hydrogens is 478 g/mol. The van der Waals surface area contributed by atoms with Gasteiger partial charge in [-0.05, 0) is 43.7 Å². The summed E-state index contributed by atoms with van der Waals surface area (Å²) in [6, 6.07) is 10.9. The molecule has 0 spiro atoms. The lowest BCUT2D eigenvalue weighted by Crippen LogP contribution is -2.48. The van der Waals surface area contributed by atoms with E-state index in [2.05, 4.69) is 26.4 Å². The molecule has 11 heteroatoms. The van der Waals surface area contributed by atoms with E-state index in [0.717, 1.165) is 31.3 Å². The normalized spacial score (nSPS) is 19.2. The van der Waals surface area contributed by atoms with Crippen LogP contribution in [0.1, 0.15) is 22.5 Å². The molecule has 0 saturated carbocycles. The number of piperidine rings is 1. The number of nitrogens with one attached hydrogen (secondary N) is 4. The first-order valence-electron chi connectivity index (χ1n) is 11.8. The van der Waals surface area contributed by atoms with Gasteiger partial charge in [0.25, 0.3) is 5.91 Å². The minimum absolute atomic E-state index is 0.0677. The second-order valence-electron chi connectivity index (χ2n) is 8.74. The average Bonchev–Trinajstić information content (AvgIpc) is 3.26. The molecule has 1 atom stereocenters. The number of hydrogen-bond acceptors (Lipinski definition) is 8. The number of aromatic nitrogens is 1. The molecule has 3 amide bonds. The predicted octanol–water partition coefficient (Wildman–Crippen LogP) is 3.34. The maximum absolute atomic E-state index is 13.4. The summed E-state index contributed by atoms with van der Waals surface area (Å²) in [5.74, 6) is 1.63. The standard InChI is InChI=1S/C25H25N7O3S/c1-31-19(10-9-18(30-31)35-16-7-3-2-4-8-16)32-17-11-13-27-24-20(17)21(29-25(32)34)22(36-24)23(33)28-15-6-5-12-26-14-15/h2-4,7-11,13,15,26,30H,5-6,12,14H2,1H3,(H,28,33)(H,29,34)/t15-/m1/s1. The van der Waals surface area contributed by atoms with Crippen molar-refractivity contribution in [2.24, 2.45) is 0 Å². The van der Waals surface area contributed by atoms with Crippen LogP contribution in [0.2, 0.25) is 0 Å². The van der Waals surface area contributed by atoms with Crippen LogP contribution in [-0.2, 0) is 0 Å². The van der Waals surface area contributed by atoms with Crippen molar-refractivity contribution in [2.75, 3.05) is 30.4 Å². The maximum atomic E-state index is 13.4. The van der Waals surface area contributed by atoms with Crippen LogP contribution < -0.4 is 31.0 Å². The first-order chi connectivity index (χ1) is 17.6. The number of thiophene rings is 1. The van der Waals surface area contributed by atoms with Gasteiger partial charge < -0.3 is 20.7 Å². The van der Waals surface area contributed by atoms with Gasteiger partial charge in [-0.15, -0.1) is 11.3 Å². The Labute approximate surface area is 211 Å². The predicted molar refractivity (Wildman–Crippen MR) is 139 cm³/mol. The summed E-state index contributed by atoms with van der Waals surface area (Å²) in [5, 5.41) is 11.8. The summed E-state index contributed by atoms with van der Waals surface area (Å²) in [5.41, 5.74) is 4.33. The Morgan fingerprint density at radius 1 is 1.22 bits per heavy atom. The third kappa shape index (κ3) is 4.01. The Morgan fingerprint density at radius 2 is 2.08 bits per heavy atom. The first-order valence-corrected chi connectivity index (χ1v) is 12.6. The number of benzene rings is 1. The Hall–Kier alpha value is -4.09. The van der Waals surface area contributed by atoms with Crippen LogP contribution >= 0.6 is 11.3 Å². The number of carbonyl (C=O) groups is 2. The molecule has 1 saturated heterocycles. The number of carbonyl (C=O) groups excluding carboxylic acids is 2. The van der Waals surface area contributed by atoms with Crippen LogP contribution in [0.4, 0.5) is 16.2 Å². The van der Waals surface area contributed by atoms with E-state index in [1.54, 1.807) is 35.3 Å². The van der Waals surface area contributed by atoms with Crippen LogP contribution in [0.15, 0.2) is 66.5 Å². The molecule has 36 heavy (non-hydrogen) atoms. The van der Waals surface area contributed by atoms with E-state index in [0.29, 0.717) is 38.5 Å². The molecule has 3 aliphatic heterocycles. The second kappa shape index (κ2) is 9.17. The third-order valence-corrected chi connectivity index (χ3v) is 7.39. The number of anilines is 2. The van der Waals surface area contributed by atoms with Crippen molar-refractivity contribution in [2.45, 2.75) is 18.9 Å². The van der Waals surface area contributed by atoms with Crippen molar-refractivity contribution < 1.29 is 14.3 Å². The fourth-order valence-electron chi connectivity index (χ4n) is 4.62. The number of hydrazine groups is 1. The van der Waals surface area contributed by atoms with Crippen LogP contribution in [-0.4, -0.2) is 48.1 Å². The number of pyridine rings is 1. The van der Waals surface area contributed by atoms with Gasteiger partial charge in [-0.2, -0.15) is 0 Å². The van der Waals surface area contributed by atoms with E-state index >= 15 is 0 Å². The summed E-state index contributed by atoms with van der Waals surface area (Å²) in [6.07, 6.45) is 7.19. The van der Waals surface area contributed by atoms with Crippen molar-refractivity contribution >= 4 is 44.9 Å². The number of nitrogens with zero attached hydrogens (tertiary/aromatic N) is 3. The van der Waals surface area contributed by atoms with Gasteiger partial charge in [-0.1, -0.05) is 18.2 Å². The van der Waals surface area contributed by atoms with E-state index in [9.17, 15) is 9.59 Å². The van der Waals surface area contributed by atoms with E-state index in [1.165, 1.54) is 11.3 Å². The fraction of sp³-hybridized carbons (Fsp3) is 0.240. The van der Waals surface area contributed by atoms with Crippen molar-refractivity contribution in [3.05, 3.63) is 71.3 Å². The Kier molecular flexibility index (Phi) is 5.70. The summed E-state index contributed by atoms with van der Waals surface area (Å²) >= 11 is 1.29. The lowest BCUT2D eigenvalue weighted by atomic mass is 10.1. The minimum atomic E-state index is -0.359. The maximum Gasteiger partial charge on any atom is 0.332 e. The van der Waals surface area contributed by atoms with Gasteiger partial charge in [0.1, 0.15) is 21.3 Å². The molecule has 5 heterocycles. The molecular formula is C25H25N7O3S. The van der Waals surface area contributed by atoms with Crippen molar-refractivity contribution in [3.63, 3.8) is 0 Å². The van der Waals surface area contributed by atoms with Gasteiger partial charge in [-0.3, -0.25) is 15.2 Å². The number of allylic oxidation sites excluding steroid dienone is 2. The third-order valence-electron chi connectivity index (χ3n) is 6.29. The molecule has 0 radical (unpaired) electrons. The molecule has 10 nitrogen and oxygen atoms in total. The van der Waals surface area contributed by atoms with E-state index in [1.807, 2.05) is 36.4 Å². The number of urea groups is 1. The van der Waals surface area contributed by atoms with Gasteiger partial charge in [0, 0.05) is 31.9 Å². The van der Waals surface area contributed by atoms with Crippen LogP contribution in [0.25, 0.3) is 10.2 Å². The van der Waals surface area contributed by atoms with Gasteiger partial charge in [-0.25, -0.2) is 14.7 Å². The molecule has 4 N–H and O–H groups in total. The van der Waals surface area contributed by atoms with Crippen LogP contribution in [0, 0.1) is 0 Å². The highest BCUT2D eigenvalue weighted by molar-refractivity contribution is 7.21. The quantitative estimate of drug-likeness (QED) is 0.423. The number of hydrogen-bond donors (Lipinski definition) is 4. The monoisotopic (exact) mass is 503 g/mol. The number of amides is 3. The van der Waals surface area contributed by atoms with Gasteiger partial charge in [0.2, 0.25) is 5.88 Å². The number of ether oxygens (including phenoxy) is 1. The topological polar surface area (TPSA) is 111 Å². The molecule has 184 valence electrons. The highest BCUT2D eigenvalue weighted by Gasteiger charge is 2.35. The SMILES string of the molecule is CN1NC(Oc2ccccc2)=CC=C1N1C(=O)Nc2c(C(=O)N[C@@H]3CCCNC3)sc3nccc1c23. The van der Waals surface area contributed by atoms with E-state index < -0.39 is 0 Å². The molecule has 0 bridgehead atoms. The lowest BCUT2D eigenvalue weighted by Gasteiger charge is -2.36. The Balaban J connectivity index is 1.32. The van der Waals surface area contributed by atoms with Crippen molar-refractivity contribution in [1.29, 1.82) is 0 Å². The van der Waals surface area contributed by atoms with Crippen LogP contribution in [0.5, 0.6) is 5.75 Å². The molecule has 0 aliphatic carbocycles. The van der Waals surface area contributed by atoms with Crippen molar-refractivity contribution in [3.8, 4) is 5.75 Å². The van der Waals surface area contributed by atoms with E-state index in [-0.39, 0.29) is 18.0 Å². The summed E-state index contributed by atoms with van der Waals surface area (Å²) in [6.45, 7) is 1.71. The number of rotatable bonds is 5.